The van der Waals surface area contributed by atoms with Crippen molar-refractivity contribution in [2.45, 2.75) is 145 Å². The number of phenolic OH excluding ortho intramolecular Hbond substituents is 1. The van der Waals surface area contributed by atoms with Crippen LogP contribution in [0.3, 0.4) is 0 Å². The van der Waals surface area contributed by atoms with Crippen LogP contribution in [0.15, 0.2) is 243 Å². The standard InChI is InChI=1S/C96H93N3O/c1-57(2)69-47-70(58(3)4)50-74(49-69)80-36-25-37-81(75-51-71(59(5)6)48-72(52-75)60(7)8)87(80)67-32-21-33-68(46-67)88-83(43-45-85-92(88)98-94(99(85)93-61(9)26-20-27-62(93)10)84-44-42-65-41-40-64-30-23-39-86(100)89(64)91(65)97-84)90-79(66-31-22-34-77(54-66)95(11,12)13)35-24-38-82(90)76-53-73(63-28-18-17-19-29-63)55-78(56-76)96(14,15)16/h17-60,100H,1-16H3. The van der Waals surface area contributed by atoms with E-state index in [4.69, 9.17) is 9.97 Å². The molecule has 0 atom stereocenters. The summed E-state index contributed by atoms with van der Waals surface area (Å²) in [4.78, 5) is 11.8. The highest BCUT2D eigenvalue weighted by atomic mass is 16.3. The molecule has 0 fully saturated rings. The Morgan fingerprint density at radius 1 is 0.330 bits per heavy atom. The first-order valence-electron chi connectivity index (χ1n) is 36.0. The number of imidazole rings is 1. The quantitative estimate of drug-likeness (QED) is 0.110. The fourth-order valence-corrected chi connectivity index (χ4v) is 14.9. The number of hydrogen-bond donors (Lipinski definition) is 1. The lowest BCUT2D eigenvalue weighted by Crippen LogP contribution is -2.11. The largest absolute Gasteiger partial charge is 0.507 e. The first kappa shape index (κ1) is 66.8. The molecule has 2 aromatic heterocycles. The maximum atomic E-state index is 11.7. The van der Waals surface area contributed by atoms with Crippen molar-refractivity contribution in [1.82, 2.24) is 14.5 Å². The van der Waals surface area contributed by atoms with E-state index in [-0.39, 0.29) is 16.6 Å². The summed E-state index contributed by atoms with van der Waals surface area (Å²) in [5.41, 5.74) is 32.3. The number of aromatic hydroxyl groups is 1. The van der Waals surface area contributed by atoms with E-state index in [9.17, 15) is 5.11 Å². The van der Waals surface area contributed by atoms with Gasteiger partial charge in [-0.2, -0.15) is 0 Å². The Hall–Kier alpha value is -10.4. The van der Waals surface area contributed by atoms with Gasteiger partial charge in [0.1, 0.15) is 11.4 Å². The van der Waals surface area contributed by atoms with E-state index in [1.165, 1.54) is 72.3 Å². The average Bonchev–Trinajstić information content (AvgIpc) is 1.54. The maximum absolute atomic E-state index is 11.7. The zero-order valence-electron chi connectivity index (χ0n) is 61.2. The van der Waals surface area contributed by atoms with E-state index in [1.807, 2.05) is 12.1 Å². The first-order valence-corrected chi connectivity index (χ1v) is 36.0. The van der Waals surface area contributed by atoms with Gasteiger partial charge in [0.2, 0.25) is 0 Å². The van der Waals surface area contributed by atoms with E-state index < -0.39 is 0 Å². The number of nitrogens with zero attached hydrogens (tertiary/aromatic N) is 3. The van der Waals surface area contributed by atoms with Gasteiger partial charge in [-0.05, 0) is 212 Å². The third-order valence-corrected chi connectivity index (χ3v) is 20.7. The lowest BCUT2D eigenvalue weighted by molar-refractivity contribution is 0.482. The molecule has 0 unspecified atom stereocenters. The fraction of sp³-hybridized carbons (Fsp3) is 0.229. The number of aromatic nitrogens is 3. The topological polar surface area (TPSA) is 50.9 Å². The molecular formula is C96H93N3O. The second kappa shape index (κ2) is 26.3. The number of pyridine rings is 1. The first-order chi connectivity index (χ1) is 47.9. The lowest BCUT2D eigenvalue weighted by atomic mass is 9.79. The van der Waals surface area contributed by atoms with E-state index >= 15 is 0 Å². The molecule has 100 heavy (non-hydrogen) atoms. The molecule has 0 aliphatic carbocycles. The number of rotatable bonds is 14. The molecule has 0 radical (unpaired) electrons. The Balaban J connectivity index is 1.16. The summed E-state index contributed by atoms with van der Waals surface area (Å²) < 4.78 is 2.37. The average molecular weight is 1300 g/mol. The molecular weight excluding hydrogens is 1210 g/mol. The van der Waals surface area contributed by atoms with Crippen LogP contribution in [0, 0.1) is 13.8 Å². The van der Waals surface area contributed by atoms with Crippen molar-refractivity contribution in [3.63, 3.8) is 0 Å². The molecule has 0 aliphatic rings. The fourth-order valence-electron chi connectivity index (χ4n) is 14.9. The zero-order valence-corrected chi connectivity index (χ0v) is 61.2. The third kappa shape index (κ3) is 12.6. The normalized spacial score (nSPS) is 12.2. The highest BCUT2D eigenvalue weighted by Crippen LogP contribution is 2.51. The second-order valence-corrected chi connectivity index (χ2v) is 31.3. The number of benzene rings is 12. The van der Waals surface area contributed by atoms with Crippen LogP contribution in [-0.4, -0.2) is 19.6 Å². The Labute approximate surface area is 593 Å². The summed E-state index contributed by atoms with van der Waals surface area (Å²) in [6, 6.07) is 90.8. The number of hydrogen-bond acceptors (Lipinski definition) is 3. The van der Waals surface area contributed by atoms with Gasteiger partial charge in [-0.3, -0.25) is 4.57 Å². The monoisotopic (exact) mass is 1300 g/mol. The molecule has 1 N–H and O–H groups in total. The molecule has 0 saturated heterocycles. The van der Waals surface area contributed by atoms with Crippen molar-refractivity contribution >= 4 is 32.7 Å². The van der Waals surface area contributed by atoms with Gasteiger partial charge < -0.3 is 5.11 Å². The summed E-state index contributed by atoms with van der Waals surface area (Å²) in [6.45, 7) is 36.9. The number of aryl methyl sites for hydroxylation is 2. The summed E-state index contributed by atoms with van der Waals surface area (Å²) >= 11 is 0. The Bertz CT molecular complexity index is 5330. The number of phenols is 1. The molecule has 498 valence electrons. The minimum atomic E-state index is -0.171. The second-order valence-electron chi connectivity index (χ2n) is 31.3. The Kier molecular flexibility index (Phi) is 17.6. The minimum Gasteiger partial charge on any atom is -0.507 e. The summed E-state index contributed by atoms with van der Waals surface area (Å²) in [5, 5.41) is 14.3. The molecule has 0 spiro atoms. The number of para-hydroxylation sites is 1. The molecule has 0 amide bonds. The Morgan fingerprint density at radius 2 is 0.790 bits per heavy atom. The molecule has 14 rings (SSSR count). The zero-order chi connectivity index (χ0) is 70.2. The van der Waals surface area contributed by atoms with Crippen LogP contribution >= 0.6 is 0 Å². The molecule has 0 aliphatic heterocycles. The van der Waals surface area contributed by atoms with Gasteiger partial charge in [-0.25, -0.2) is 9.97 Å². The van der Waals surface area contributed by atoms with E-state index in [2.05, 4.69) is 340 Å². The predicted molar refractivity (Wildman–Crippen MR) is 428 cm³/mol. The van der Waals surface area contributed by atoms with Gasteiger partial charge >= 0.3 is 0 Å². The van der Waals surface area contributed by atoms with Crippen LogP contribution in [0.5, 0.6) is 5.75 Å². The molecule has 2 heterocycles. The molecule has 12 aromatic carbocycles. The van der Waals surface area contributed by atoms with Crippen LogP contribution in [0.1, 0.15) is 165 Å². The SMILES string of the molecule is Cc1cccc(C)c1-n1c(-c2ccc3ccc4cccc(O)c4c3n2)nc2c(-c3cccc(-c4c(-c5cc(C(C)C)cc(C(C)C)c5)cccc4-c4cc(C(C)C)cc(C(C)C)c4)c3)c(-c3c(-c4cccc(C(C)(C)C)c4)cccc3-c3cc(-c4ccccc4)cc(C(C)(C)C)c3)ccc21. The Morgan fingerprint density at radius 3 is 1.38 bits per heavy atom. The summed E-state index contributed by atoms with van der Waals surface area (Å²) in [6.07, 6.45) is 0. The van der Waals surface area contributed by atoms with Crippen LogP contribution in [0.2, 0.25) is 0 Å². The van der Waals surface area contributed by atoms with Crippen molar-refractivity contribution in [1.29, 1.82) is 0 Å². The molecule has 4 nitrogen and oxygen atoms in total. The third-order valence-electron chi connectivity index (χ3n) is 20.7. The maximum Gasteiger partial charge on any atom is 0.164 e. The van der Waals surface area contributed by atoms with Crippen LogP contribution < -0.4 is 0 Å². The summed E-state index contributed by atoms with van der Waals surface area (Å²) in [7, 11) is 0. The molecule has 4 heteroatoms. The van der Waals surface area contributed by atoms with Gasteiger partial charge in [0.05, 0.1) is 22.2 Å². The highest BCUT2D eigenvalue weighted by Gasteiger charge is 2.29. The van der Waals surface area contributed by atoms with Crippen LogP contribution in [0.25, 0.3) is 139 Å². The number of fused-ring (bicyclic) bond motifs is 4. The van der Waals surface area contributed by atoms with Gasteiger partial charge in [0.15, 0.2) is 5.82 Å². The van der Waals surface area contributed by atoms with Gasteiger partial charge in [-0.1, -0.05) is 309 Å². The molecule has 14 aromatic rings. The highest BCUT2D eigenvalue weighted by molar-refractivity contribution is 6.11. The van der Waals surface area contributed by atoms with E-state index in [0.29, 0.717) is 35.2 Å². The minimum absolute atomic E-state index is 0.114. The van der Waals surface area contributed by atoms with Crippen LogP contribution in [-0.2, 0) is 10.8 Å². The van der Waals surface area contributed by atoms with Crippen molar-refractivity contribution in [2.75, 3.05) is 0 Å². The predicted octanol–water partition coefficient (Wildman–Crippen LogP) is 27.1. The van der Waals surface area contributed by atoms with Gasteiger partial charge in [-0.15, -0.1) is 0 Å². The van der Waals surface area contributed by atoms with Gasteiger partial charge in [0.25, 0.3) is 0 Å². The van der Waals surface area contributed by atoms with Crippen molar-refractivity contribution in [3.8, 4) is 112 Å². The lowest BCUT2D eigenvalue weighted by Gasteiger charge is -2.25. The van der Waals surface area contributed by atoms with Crippen molar-refractivity contribution in [2.24, 2.45) is 0 Å². The van der Waals surface area contributed by atoms with Crippen molar-refractivity contribution in [3.05, 3.63) is 287 Å². The summed E-state index contributed by atoms with van der Waals surface area (Å²) in [5.74, 6) is 2.22. The molecule has 0 saturated carbocycles. The van der Waals surface area contributed by atoms with E-state index in [0.717, 1.165) is 99.6 Å². The van der Waals surface area contributed by atoms with Crippen LogP contribution in [0.4, 0.5) is 0 Å². The van der Waals surface area contributed by atoms with Crippen molar-refractivity contribution < 1.29 is 5.11 Å². The molecule has 0 bridgehead atoms. The van der Waals surface area contributed by atoms with E-state index in [1.54, 1.807) is 6.07 Å². The van der Waals surface area contributed by atoms with Gasteiger partial charge in [0, 0.05) is 16.3 Å². The smallest absolute Gasteiger partial charge is 0.164 e.